The molecule has 1 heterocycles. The molecule has 5 nitrogen and oxygen atoms in total. The first kappa shape index (κ1) is 14.3. The number of hydrogen-bond acceptors (Lipinski definition) is 3. The lowest BCUT2D eigenvalue weighted by atomic mass is 9.86. The summed E-state index contributed by atoms with van der Waals surface area (Å²) in [6.45, 7) is 6.74. The van der Waals surface area contributed by atoms with Crippen LogP contribution in [0.25, 0.3) is 0 Å². The summed E-state index contributed by atoms with van der Waals surface area (Å²) >= 11 is 0. The van der Waals surface area contributed by atoms with Gasteiger partial charge in [0.2, 0.25) is 11.8 Å². The highest BCUT2D eigenvalue weighted by Crippen LogP contribution is 2.42. The molecule has 2 rings (SSSR count). The van der Waals surface area contributed by atoms with Crippen LogP contribution in [0.15, 0.2) is 0 Å². The monoisotopic (exact) mass is 268 g/mol. The first-order chi connectivity index (χ1) is 8.91. The Bertz CT molecular complexity index is 379. The largest absolute Gasteiger partial charge is 0.383 e. The number of carbonyl (C=O) groups excluding carboxylic acids is 2. The molecule has 0 spiro atoms. The third-order valence-electron chi connectivity index (χ3n) is 4.25. The van der Waals surface area contributed by atoms with E-state index in [9.17, 15) is 9.59 Å². The van der Waals surface area contributed by atoms with E-state index in [0.717, 1.165) is 12.8 Å². The zero-order chi connectivity index (χ0) is 14.2. The summed E-state index contributed by atoms with van der Waals surface area (Å²) in [5.41, 5.74) is -0.712. The lowest BCUT2D eigenvalue weighted by Gasteiger charge is -2.46. The van der Waals surface area contributed by atoms with Crippen molar-refractivity contribution in [3.8, 4) is 0 Å². The number of nitrogens with one attached hydrogen (secondary N) is 1. The standard InChI is InChI=1S/C14H24N2O3/c1-9(2)11-12(17)15-14(3,10-5-6-10)13(18)16(11)7-8-19-4/h9-11H,5-8H2,1-4H3,(H,15,17). The van der Waals surface area contributed by atoms with E-state index in [1.165, 1.54) is 0 Å². The van der Waals surface area contributed by atoms with Gasteiger partial charge in [0.1, 0.15) is 11.6 Å². The Labute approximate surface area is 114 Å². The summed E-state index contributed by atoms with van der Waals surface area (Å²) in [6, 6.07) is -0.380. The van der Waals surface area contributed by atoms with Gasteiger partial charge >= 0.3 is 0 Å². The molecule has 19 heavy (non-hydrogen) atoms. The molecule has 0 radical (unpaired) electrons. The van der Waals surface area contributed by atoms with Crippen molar-refractivity contribution in [1.82, 2.24) is 10.2 Å². The Kier molecular flexibility index (Phi) is 3.85. The lowest BCUT2D eigenvalue weighted by molar-refractivity contribution is -0.157. The molecule has 2 aliphatic rings. The Morgan fingerprint density at radius 2 is 2.05 bits per heavy atom. The third-order valence-corrected chi connectivity index (χ3v) is 4.25. The second-order valence-electron chi connectivity index (χ2n) is 6.15. The van der Waals surface area contributed by atoms with Crippen LogP contribution in [0.2, 0.25) is 0 Å². The Hall–Kier alpha value is -1.10. The van der Waals surface area contributed by atoms with Crippen molar-refractivity contribution >= 4 is 11.8 Å². The minimum Gasteiger partial charge on any atom is -0.383 e. The molecule has 2 amide bonds. The normalized spacial score (nSPS) is 31.8. The fraction of sp³-hybridized carbons (Fsp3) is 0.857. The molecule has 1 saturated heterocycles. The van der Waals surface area contributed by atoms with Crippen LogP contribution in [0.3, 0.4) is 0 Å². The number of methoxy groups -OCH3 is 1. The molecule has 1 saturated carbocycles. The van der Waals surface area contributed by atoms with E-state index >= 15 is 0 Å². The Morgan fingerprint density at radius 3 is 2.53 bits per heavy atom. The average molecular weight is 268 g/mol. The van der Waals surface area contributed by atoms with E-state index in [1.54, 1.807) is 12.0 Å². The minimum atomic E-state index is -0.712. The van der Waals surface area contributed by atoms with Crippen LogP contribution in [-0.4, -0.2) is 48.6 Å². The maximum Gasteiger partial charge on any atom is 0.249 e. The smallest absolute Gasteiger partial charge is 0.249 e. The number of piperazine rings is 1. The van der Waals surface area contributed by atoms with Crippen LogP contribution in [0.1, 0.15) is 33.6 Å². The Balaban J connectivity index is 2.25. The highest BCUT2D eigenvalue weighted by molar-refractivity contribution is 6.00. The van der Waals surface area contributed by atoms with E-state index in [0.29, 0.717) is 19.1 Å². The number of hydrogen-bond donors (Lipinski definition) is 1. The summed E-state index contributed by atoms with van der Waals surface area (Å²) in [4.78, 5) is 26.8. The van der Waals surface area contributed by atoms with Crippen LogP contribution in [0.5, 0.6) is 0 Å². The summed E-state index contributed by atoms with van der Waals surface area (Å²) < 4.78 is 5.07. The first-order valence-electron chi connectivity index (χ1n) is 7.04. The molecule has 1 aliphatic heterocycles. The summed E-state index contributed by atoms with van der Waals surface area (Å²) in [7, 11) is 1.61. The molecule has 5 heteroatoms. The van der Waals surface area contributed by atoms with Crippen LogP contribution in [-0.2, 0) is 14.3 Å². The van der Waals surface area contributed by atoms with E-state index in [1.807, 2.05) is 20.8 Å². The van der Waals surface area contributed by atoms with Crippen LogP contribution in [0, 0.1) is 11.8 Å². The van der Waals surface area contributed by atoms with Crippen molar-refractivity contribution < 1.29 is 14.3 Å². The molecule has 1 N–H and O–H groups in total. The van der Waals surface area contributed by atoms with Crippen molar-refractivity contribution in [1.29, 1.82) is 0 Å². The molecule has 2 fully saturated rings. The maximum atomic E-state index is 12.8. The fourth-order valence-corrected chi connectivity index (χ4v) is 2.98. The van der Waals surface area contributed by atoms with Crippen LogP contribution >= 0.6 is 0 Å². The zero-order valence-corrected chi connectivity index (χ0v) is 12.2. The molecule has 0 aromatic carbocycles. The van der Waals surface area contributed by atoms with E-state index in [-0.39, 0.29) is 23.8 Å². The molecule has 0 bridgehead atoms. The molecule has 0 aromatic rings. The van der Waals surface area contributed by atoms with E-state index < -0.39 is 5.54 Å². The van der Waals surface area contributed by atoms with Crippen molar-refractivity contribution in [3.05, 3.63) is 0 Å². The SMILES string of the molecule is COCCN1C(=O)C(C)(C2CC2)NC(=O)C1C(C)C. The molecule has 108 valence electrons. The predicted molar refractivity (Wildman–Crippen MR) is 71.5 cm³/mol. The minimum absolute atomic E-state index is 0.0277. The van der Waals surface area contributed by atoms with Gasteiger partial charge in [0, 0.05) is 13.7 Å². The summed E-state index contributed by atoms with van der Waals surface area (Å²) in [5.74, 6) is 0.414. The topological polar surface area (TPSA) is 58.6 Å². The molecular weight excluding hydrogens is 244 g/mol. The van der Waals surface area contributed by atoms with Gasteiger partial charge in [-0.25, -0.2) is 0 Å². The first-order valence-corrected chi connectivity index (χ1v) is 7.04. The van der Waals surface area contributed by atoms with Gasteiger partial charge in [-0.15, -0.1) is 0 Å². The van der Waals surface area contributed by atoms with Gasteiger partial charge in [0.15, 0.2) is 0 Å². The van der Waals surface area contributed by atoms with Gasteiger partial charge in [-0.3, -0.25) is 9.59 Å². The second-order valence-corrected chi connectivity index (χ2v) is 6.15. The van der Waals surface area contributed by atoms with Crippen molar-refractivity contribution in [2.24, 2.45) is 11.8 Å². The van der Waals surface area contributed by atoms with Crippen LogP contribution < -0.4 is 5.32 Å². The van der Waals surface area contributed by atoms with E-state index in [4.69, 9.17) is 4.74 Å². The quantitative estimate of drug-likeness (QED) is 0.802. The van der Waals surface area contributed by atoms with Gasteiger partial charge in [-0.05, 0) is 31.6 Å². The number of nitrogens with zero attached hydrogens (tertiary/aromatic N) is 1. The van der Waals surface area contributed by atoms with Gasteiger partial charge < -0.3 is 15.0 Å². The highest BCUT2D eigenvalue weighted by Gasteiger charge is 2.55. The number of rotatable bonds is 5. The lowest BCUT2D eigenvalue weighted by Crippen LogP contribution is -2.71. The van der Waals surface area contributed by atoms with Gasteiger partial charge in [-0.1, -0.05) is 13.8 Å². The van der Waals surface area contributed by atoms with Crippen molar-refractivity contribution in [2.45, 2.75) is 45.2 Å². The van der Waals surface area contributed by atoms with Crippen LogP contribution in [0.4, 0.5) is 0 Å². The molecule has 1 aliphatic carbocycles. The number of carbonyl (C=O) groups is 2. The molecule has 0 aromatic heterocycles. The fourth-order valence-electron chi connectivity index (χ4n) is 2.98. The molecule has 2 unspecified atom stereocenters. The Morgan fingerprint density at radius 1 is 1.42 bits per heavy atom. The summed E-state index contributed by atoms with van der Waals surface area (Å²) in [6.07, 6.45) is 2.04. The molecule has 2 atom stereocenters. The van der Waals surface area contributed by atoms with Gasteiger partial charge in [-0.2, -0.15) is 0 Å². The molecular formula is C14H24N2O3. The zero-order valence-electron chi connectivity index (χ0n) is 12.2. The number of amides is 2. The predicted octanol–water partition coefficient (Wildman–Crippen LogP) is 0.784. The summed E-state index contributed by atoms with van der Waals surface area (Å²) in [5, 5.41) is 2.97. The maximum absolute atomic E-state index is 12.8. The number of ether oxygens (including phenoxy) is 1. The third kappa shape index (κ3) is 2.48. The van der Waals surface area contributed by atoms with Crippen molar-refractivity contribution in [2.75, 3.05) is 20.3 Å². The van der Waals surface area contributed by atoms with E-state index in [2.05, 4.69) is 5.32 Å². The van der Waals surface area contributed by atoms with Crippen molar-refractivity contribution in [3.63, 3.8) is 0 Å². The average Bonchev–Trinajstić information content (AvgIpc) is 3.15. The van der Waals surface area contributed by atoms with Gasteiger partial charge in [0.05, 0.1) is 6.61 Å². The highest BCUT2D eigenvalue weighted by atomic mass is 16.5. The van der Waals surface area contributed by atoms with Gasteiger partial charge in [0.25, 0.3) is 0 Å². The second kappa shape index (κ2) is 5.12.